The predicted octanol–water partition coefficient (Wildman–Crippen LogP) is 6.61. The Kier molecular flexibility index (Phi) is 18.7. The van der Waals surface area contributed by atoms with Crippen molar-refractivity contribution in [3.8, 4) is 22.5 Å². The summed E-state index contributed by atoms with van der Waals surface area (Å²) < 4.78 is 119. The maximum Gasteiger partial charge on any atom is 0.265 e. The molecule has 0 saturated carbocycles. The third-order valence-electron chi connectivity index (χ3n) is 12.0. The van der Waals surface area contributed by atoms with Crippen LogP contribution in [-0.2, 0) is 61.2 Å². The molecule has 0 aliphatic carbocycles. The molecule has 69 heavy (non-hydrogen) atoms. The zero-order valence-corrected chi connectivity index (χ0v) is 40.3. The summed E-state index contributed by atoms with van der Waals surface area (Å²) in [4.78, 5) is 47.6. The average Bonchev–Trinajstić information content (AvgIpc) is 3.35. The van der Waals surface area contributed by atoms with Crippen LogP contribution in [0.25, 0.3) is 22.5 Å². The van der Waals surface area contributed by atoms with E-state index >= 15 is 0 Å². The van der Waals surface area contributed by atoms with Crippen molar-refractivity contribution in [1.29, 1.82) is 0 Å². The van der Waals surface area contributed by atoms with Crippen LogP contribution in [0.15, 0.2) is 83.1 Å². The monoisotopic (exact) mass is 1030 g/mol. The fourth-order valence-corrected chi connectivity index (χ4v) is 11.7. The molecule has 0 bridgehead atoms. The third kappa shape index (κ3) is 13.6. The molecule has 2 amide bonds. The number of carbonyl (C=O) groups excluding carboxylic acids is 2. The van der Waals surface area contributed by atoms with Gasteiger partial charge < -0.3 is 14.2 Å². The van der Waals surface area contributed by atoms with Crippen molar-refractivity contribution in [3.05, 3.63) is 84.7 Å². The summed E-state index contributed by atoms with van der Waals surface area (Å²) in [7, 11) is -8.24. The zero-order valence-electron chi connectivity index (χ0n) is 37.9. The molecule has 2 aromatic carbocycles. The highest BCUT2D eigenvalue weighted by Crippen LogP contribution is 2.38. The van der Waals surface area contributed by atoms with Crippen LogP contribution in [0.3, 0.4) is 0 Å². The SMILES string of the molecule is CC(F)(F)CCc1cnc(-c2ccc(S(=O)(=O)C3(C(=O)NO)CCOCC3)cc2)cn1.CC(F)(F)CCc1cnc(-c2ccc(S(=O)(=O)C3(C(=O)NOC4CCCCO4)CCOCC3)cc2)cn1.Cl. The van der Waals surface area contributed by atoms with E-state index in [4.69, 9.17) is 24.3 Å². The minimum absolute atomic E-state index is 0. The molecule has 2 aromatic heterocycles. The van der Waals surface area contributed by atoms with E-state index in [1.54, 1.807) is 12.1 Å². The highest BCUT2D eigenvalue weighted by atomic mass is 35.5. The van der Waals surface area contributed by atoms with Gasteiger partial charge in [-0.1, -0.05) is 24.3 Å². The van der Waals surface area contributed by atoms with E-state index in [2.05, 4.69) is 25.4 Å². The van der Waals surface area contributed by atoms with Gasteiger partial charge in [-0.15, -0.1) is 12.4 Å². The summed E-state index contributed by atoms with van der Waals surface area (Å²) in [5.74, 6) is -7.29. The smallest absolute Gasteiger partial charge is 0.265 e. The van der Waals surface area contributed by atoms with Crippen LogP contribution in [0, 0.1) is 0 Å². The molecule has 0 spiro atoms. The number of hydroxylamine groups is 2. The Morgan fingerprint density at radius 3 is 1.43 bits per heavy atom. The molecule has 17 nitrogen and oxygen atoms in total. The van der Waals surface area contributed by atoms with Gasteiger partial charge in [0.2, 0.25) is 11.8 Å². The largest absolute Gasteiger partial charge is 0.381 e. The highest BCUT2D eigenvalue weighted by molar-refractivity contribution is 7.94. The van der Waals surface area contributed by atoms with Crippen molar-refractivity contribution >= 4 is 43.9 Å². The number of alkyl halides is 4. The van der Waals surface area contributed by atoms with Gasteiger partial charge in [0.25, 0.3) is 11.8 Å². The molecule has 1 atom stereocenters. The van der Waals surface area contributed by atoms with Crippen LogP contribution < -0.4 is 11.0 Å². The molecular formula is C45H55ClF4N6O11S2. The number of hydrogen-bond donors (Lipinski definition) is 3. The van der Waals surface area contributed by atoms with Crippen LogP contribution in [0.1, 0.15) is 83.0 Å². The van der Waals surface area contributed by atoms with Crippen molar-refractivity contribution < 1.29 is 68.2 Å². The number of hydrogen-bond acceptors (Lipinski definition) is 15. The van der Waals surface area contributed by atoms with Gasteiger partial charge in [-0.25, -0.2) is 50.2 Å². The minimum Gasteiger partial charge on any atom is -0.381 e. The quantitative estimate of drug-likeness (QED) is 0.0609. The number of rotatable bonds is 16. The number of nitrogens with one attached hydrogen (secondary N) is 2. The number of aryl methyl sites for hydroxylation is 2. The van der Waals surface area contributed by atoms with Crippen LogP contribution in [0.4, 0.5) is 17.6 Å². The second-order valence-electron chi connectivity index (χ2n) is 17.0. The zero-order chi connectivity index (χ0) is 49.2. The van der Waals surface area contributed by atoms with Gasteiger partial charge >= 0.3 is 0 Å². The number of amides is 2. The van der Waals surface area contributed by atoms with Crippen molar-refractivity contribution in [1.82, 2.24) is 30.9 Å². The predicted molar refractivity (Wildman–Crippen MR) is 243 cm³/mol. The summed E-state index contributed by atoms with van der Waals surface area (Å²) in [6.45, 7) is 2.63. The van der Waals surface area contributed by atoms with E-state index in [-0.39, 0.29) is 100.0 Å². The Balaban J connectivity index is 0.000000258. The van der Waals surface area contributed by atoms with Crippen molar-refractivity contribution in [2.45, 2.75) is 122 Å². The summed E-state index contributed by atoms with van der Waals surface area (Å²) in [5, 5.41) is 9.10. The van der Waals surface area contributed by atoms with Gasteiger partial charge in [-0.3, -0.25) is 34.7 Å². The van der Waals surface area contributed by atoms with Crippen LogP contribution in [-0.4, -0.2) is 114 Å². The molecule has 7 rings (SSSR count). The molecule has 24 heteroatoms. The molecule has 3 aliphatic heterocycles. The molecule has 5 heterocycles. The van der Waals surface area contributed by atoms with E-state index in [0.29, 0.717) is 46.9 Å². The molecule has 4 aromatic rings. The number of ether oxygens (including phenoxy) is 3. The standard InChI is InChI=1S/C25H31F2N3O6S.C20H23F2N3O5S.ClH/c1-24(26,27)10-9-19-16-29-21(17-28-19)18-5-7-20(8-6-18)37(32,33)25(11-14-34-15-12-25)23(31)30-36-22-4-2-3-13-35-22;1-19(21,22)7-6-15-12-24-17(13-23-15)14-2-4-16(5-3-14)31(28,29)20(18(26)25-27)8-10-30-11-9-20;/h5-8,16-17,22H,2-4,9-15H2,1H3,(H,30,31);2-5,12-13,27H,6-11H2,1H3,(H,25,26);1H. The van der Waals surface area contributed by atoms with Gasteiger partial charge in [0.15, 0.2) is 35.5 Å². The third-order valence-corrected chi connectivity index (χ3v) is 17.0. The van der Waals surface area contributed by atoms with E-state index in [1.807, 2.05) is 0 Å². The molecular weight excluding hydrogens is 976 g/mol. The van der Waals surface area contributed by atoms with Crippen LogP contribution in [0.2, 0.25) is 0 Å². The van der Waals surface area contributed by atoms with Crippen molar-refractivity contribution in [3.63, 3.8) is 0 Å². The molecule has 3 N–H and O–H groups in total. The van der Waals surface area contributed by atoms with Crippen molar-refractivity contribution in [2.24, 2.45) is 0 Å². The first-order valence-corrected chi connectivity index (χ1v) is 24.9. The Labute approximate surface area is 403 Å². The highest BCUT2D eigenvalue weighted by Gasteiger charge is 2.53. The summed E-state index contributed by atoms with van der Waals surface area (Å²) in [6.07, 6.45) is 6.90. The summed E-state index contributed by atoms with van der Waals surface area (Å²) >= 11 is 0. The lowest BCUT2D eigenvalue weighted by Crippen LogP contribution is -2.56. The van der Waals surface area contributed by atoms with Gasteiger partial charge in [0, 0.05) is 75.8 Å². The molecule has 3 fully saturated rings. The second-order valence-corrected chi connectivity index (χ2v) is 21.5. The molecule has 378 valence electrons. The Hall–Kier alpha value is -4.75. The van der Waals surface area contributed by atoms with Crippen LogP contribution >= 0.6 is 12.4 Å². The number of nitrogens with zero attached hydrogens (tertiary/aromatic N) is 4. The topological polar surface area (TPSA) is 235 Å². The fraction of sp³-hybridized carbons (Fsp3) is 0.511. The Morgan fingerprint density at radius 1 is 0.667 bits per heavy atom. The first kappa shape index (κ1) is 55.2. The molecule has 3 aliphatic rings. The van der Waals surface area contributed by atoms with E-state index in [0.717, 1.165) is 26.7 Å². The normalized spacial score (nSPS) is 18.4. The second kappa shape index (κ2) is 23.4. The first-order chi connectivity index (χ1) is 32.2. The van der Waals surface area contributed by atoms with Gasteiger partial charge in [0.05, 0.1) is 45.0 Å². The minimum atomic E-state index is -4.12. The fourth-order valence-electron chi connectivity index (χ4n) is 7.78. The van der Waals surface area contributed by atoms with Gasteiger partial charge in [-0.05, 0) is 89.5 Å². The summed E-state index contributed by atoms with van der Waals surface area (Å²) in [6, 6.07) is 11.8. The van der Waals surface area contributed by atoms with E-state index < -0.39 is 59.1 Å². The lowest BCUT2D eigenvalue weighted by Gasteiger charge is -2.35. The summed E-state index contributed by atoms with van der Waals surface area (Å²) in [5.41, 5.74) is 6.78. The average molecular weight is 1030 g/mol. The number of aromatic nitrogens is 4. The first-order valence-electron chi connectivity index (χ1n) is 22.0. The number of carbonyl (C=O) groups is 2. The molecule has 0 radical (unpaired) electrons. The van der Waals surface area contributed by atoms with Crippen LogP contribution in [0.5, 0.6) is 0 Å². The Bertz CT molecular complexity index is 2540. The lowest BCUT2D eigenvalue weighted by molar-refractivity contribution is -0.202. The number of benzene rings is 2. The Morgan fingerprint density at radius 2 is 1.09 bits per heavy atom. The van der Waals surface area contributed by atoms with E-state index in [9.17, 15) is 44.0 Å². The van der Waals surface area contributed by atoms with Crippen molar-refractivity contribution in [2.75, 3.05) is 33.0 Å². The lowest BCUT2D eigenvalue weighted by atomic mass is 9.98. The maximum atomic E-state index is 13.8. The number of halogens is 5. The van der Waals surface area contributed by atoms with Gasteiger partial charge in [-0.2, -0.15) is 0 Å². The van der Waals surface area contributed by atoms with E-state index in [1.165, 1.54) is 66.7 Å². The molecule has 1 unspecified atom stereocenters. The maximum absolute atomic E-state index is 13.8. The molecule has 3 saturated heterocycles. The number of sulfone groups is 2. The van der Waals surface area contributed by atoms with Gasteiger partial charge in [0.1, 0.15) is 0 Å².